The smallest absolute Gasteiger partial charge is 0.303 e. The number of rotatable bonds is 3. The van der Waals surface area contributed by atoms with Gasteiger partial charge in [0, 0.05) is 31.9 Å². The minimum absolute atomic E-state index is 0.347. The van der Waals surface area contributed by atoms with Gasteiger partial charge in [-0.1, -0.05) is 13.8 Å². The van der Waals surface area contributed by atoms with Gasteiger partial charge in [-0.3, -0.25) is 4.79 Å². The van der Waals surface area contributed by atoms with Crippen LogP contribution in [0.15, 0.2) is 18.5 Å². The number of anilines is 1. The molecule has 2 heterocycles. The Hall–Kier alpha value is -1.65. The van der Waals surface area contributed by atoms with E-state index in [0.717, 1.165) is 31.9 Å². The number of carboxylic acids is 1. The molecule has 0 unspecified atom stereocenters. The van der Waals surface area contributed by atoms with Gasteiger partial charge in [0.2, 0.25) is 5.95 Å². The van der Waals surface area contributed by atoms with Crippen molar-refractivity contribution >= 4 is 11.9 Å². The first-order chi connectivity index (χ1) is 11.2. The van der Waals surface area contributed by atoms with Gasteiger partial charge in [0.05, 0.1) is 0 Å². The summed E-state index contributed by atoms with van der Waals surface area (Å²) in [6.07, 6.45) is 10.8. The Labute approximate surface area is 139 Å². The molecule has 0 bridgehead atoms. The van der Waals surface area contributed by atoms with E-state index in [1.165, 1.54) is 25.7 Å². The molecule has 1 aliphatic carbocycles. The molecule has 1 spiro atoms. The second-order valence-electron chi connectivity index (χ2n) is 6.58. The first-order valence-electron chi connectivity index (χ1n) is 8.91. The molecule has 128 valence electrons. The zero-order chi connectivity index (χ0) is 16.7. The molecular weight excluding hydrogens is 290 g/mol. The number of aromatic nitrogens is 2. The molecule has 2 aliphatic rings. The Morgan fingerprint density at radius 1 is 1.17 bits per heavy atom. The SMILES string of the molecule is CC.O=C(O)CC1CCC2(CC1)CCN(c1ncccn1)CC2. The summed E-state index contributed by atoms with van der Waals surface area (Å²) in [5, 5.41) is 8.91. The number of piperidine rings is 1. The third-order valence-corrected chi connectivity index (χ3v) is 5.29. The van der Waals surface area contributed by atoms with Crippen molar-refractivity contribution in [3.8, 4) is 0 Å². The fourth-order valence-electron chi connectivity index (χ4n) is 3.88. The number of nitrogens with zero attached hydrogens (tertiary/aromatic N) is 3. The largest absolute Gasteiger partial charge is 0.481 e. The molecule has 23 heavy (non-hydrogen) atoms. The van der Waals surface area contributed by atoms with E-state index < -0.39 is 5.97 Å². The molecule has 0 aromatic carbocycles. The van der Waals surface area contributed by atoms with Gasteiger partial charge in [0.15, 0.2) is 0 Å². The van der Waals surface area contributed by atoms with Gasteiger partial charge in [-0.15, -0.1) is 0 Å². The topological polar surface area (TPSA) is 66.3 Å². The maximum atomic E-state index is 10.8. The van der Waals surface area contributed by atoms with Crippen LogP contribution >= 0.6 is 0 Å². The molecule has 3 rings (SSSR count). The standard InChI is InChI=1S/C16H23N3O2.C2H6/c20-14(21)12-13-2-4-16(5-3-13)6-10-19(11-7-16)15-17-8-1-9-18-15;1-2/h1,8-9,13H,2-7,10-12H2,(H,20,21);1-2H3. The van der Waals surface area contributed by atoms with Gasteiger partial charge >= 0.3 is 5.97 Å². The van der Waals surface area contributed by atoms with Crippen LogP contribution in [0.4, 0.5) is 5.95 Å². The highest BCUT2D eigenvalue weighted by molar-refractivity contribution is 5.67. The first-order valence-corrected chi connectivity index (χ1v) is 8.91. The van der Waals surface area contributed by atoms with E-state index in [2.05, 4.69) is 14.9 Å². The van der Waals surface area contributed by atoms with Gasteiger partial charge in [0.25, 0.3) is 0 Å². The van der Waals surface area contributed by atoms with Crippen molar-refractivity contribution in [2.75, 3.05) is 18.0 Å². The van der Waals surface area contributed by atoms with Crippen LogP contribution in [0.5, 0.6) is 0 Å². The molecule has 1 N–H and O–H groups in total. The number of hydrogen-bond acceptors (Lipinski definition) is 4. The highest BCUT2D eigenvalue weighted by Gasteiger charge is 2.38. The summed E-state index contributed by atoms with van der Waals surface area (Å²) in [6, 6.07) is 1.85. The van der Waals surface area contributed by atoms with Crippen LogP contribution in [0.25, 0.3) is 0 Å². The van der Waals surface area contributed by atoms with E-state index in [-0.39, 0.29) is 0 Å². The lowest BCUT2D eigenvalue weighted by Gasteiger charge is -2.45. The van der Waals surface area contributed by atoms with Gasteiger partial charge in [-0.2, -0.15) is 0 Å². The summed E-state index contributed by atoms with van der Waals surface area (Å²) in [5.74, 6) is 0.586. The Kier molecular flexibility index (Phi) is 6.37. The van der Waals surface area contributed by atoms with E-state index in [1.54, 1.807) is 12.4 Å². The Morgan fingerprint density at radius 2 is 1.74 bits per heavy atom. The lowest BCUT2D eigenvalue weighted by atomic mass is 9.65. The van der Waals surface area contributed by atoms with Crippen LogP contribution in [-0.4, -0.2) is 34.1 Å². The lowest BCUT2D eigenvalue weighted by Crippen LogP contribution is -2.42. The number of carboxylic acid groups (broad SMARTS) is 1. The third kappa shape index (κ3) is 4.66. The van der Waals surface area contributed by atoms with Crippen LogP contribution < -0.4 is 4.90 Å². The molecule has 1 saturated heterocycles. The van der Waals surface area contributed by atoms with Crippen molar-refractivity contribution in [3.63, 3.8) is 0 Å². The molecule has 1 aromatic heterocycles. The second kappa shape index (κ2) is 8.27. The van der Waals surface area contributed by atoms with Crippen molar-refractivity contribution in [2.45, 2.75) is 58.8 Å². The van der Waals surface area contributed by atoms with Crippen molar-refractivity contribution in [2.24, 2.45) is 11.3 Å². The maximum absolute atomic E-state index is 10.8. The molecule has 0 atom stereocenters. The number of aliphatic carboxylic acids is 1. The summed E-state index contributed by atoms with van der Waals surface area (Å²) in [6.45, 7) is 6.04. The predicted octanol–water partition coefficient (Wildman–Crippen LogP) is 3.75. The molecule has 0 radical (unpaired) electrons. The molecule has 0 amide bonds. The Balaban J connectivity index is 0.000000924. The molecule has 5 nitrogen and oxygen atoms in total. The van der Waals surface area contributed by atoms with Gasteiger partial charge in [-0.05, 0) is 55.9 Å². The zero-order valence-corrected chi connectivity index (χ0v) is 14.4. The molecule has 1 aliphatic heterocycles. The molecule has 5 heteroatoms. The van der Waals surface area contributed by atoms with Gasteiger partial charge in [0.1, 0.15) is 0 Å². The highest BCUT2D eigenvalue weighted by Crippen LogP contribution is 2.47. The minimum atomic E-state index is -0.646. The van der Waals surface area contributed by atoms with Crippen molar-refractivity contribution < 1.29 is 9.90 Å². The Bertz CT molecular complexity index is 474. The highest BCUT2D eigenvalue weighted by atomic mass is 16.4. The summed E-state index contributed by atoms with van der Waals surface area (Å²) >= 11 is 0. The molecule has 2 fully saturated rings. The van der Waals surface area contributed by atoms with Crippen LogP contribution in [0.1, 0.15) is 58.8 Å². The van der Waals surface area contributed by atoms with E-state index >= 15 is 0 Å². The number of carbonyl (C=O) groups is 1. The summed E-state index contributed by atoms with van der Waals surface area (Å²) in [5.41, 5.74) is 0.445. The summed E-state index contributed by atoms with van der Waals surface area (Å²) in [4.78, 5) is 21.7. The average Bonchev–Trinajstić information content (AvgIpc) is 2.60. The lowest BCUT2D eigenvalue weighted by molar-refractivity contribution is -0.138. The minimum Gasteiger partial charge on any atom is -0.481 e. The maximum Gasteiger partial charge on any atom is 0.303 e. The molecule has 1 saturated carbocycles. The zero-order valence-electron chi connectivity index (χ0n) is 14.4. The summed E-state index contributed by atoms with van der Waals surface area (Å²) in [7, 11) is 0. The predicted molar refractivity (Wildman–Crippen MR) is 91.5 cm³/mol. The van der Waals surface area contributed by atoms with Crippen LogP contribution in [0.2, 0.25) is 0 Å². The molecular formula is C18H29N3O2. The fraction of sp³-hybridized carbons (Fsp3) is 0.722. The monoisotopic (exact) mass is 319 g/mol. The van der Waals surface area contributed by atoms with Crippen LogP contribution in [0, 0.1) is 11.3 Å². The van der Waals surface area contributed by atoms with Crippen molar-refractivity contribution in [1.82, 2.24) is 9.97 Å². The Morgan fingerprint density at radius 3 is 2.26 bits per heavy atom. The van der Waals surface area contributed by atoms with E-state index in [1.807, 2.05) is 19.9 Å². The number of hydrogen-bond donors (Lipinski definition) is 1. The normalized spacial score (nSPS) is 20.7. The van der Waals surface area contributed by atoms with Crippen molar-refractivity contribution in [3.05, 3.63) is 18.5 Å². The van der Waals surface area contributed by atoms with E-state index in [4.69, 9.17) is 5.11 Å². The van der Waals surface area contributed by atoms with Gasteiger partial charge < -0.3 is 10.0 Å². The van der Waals surface area contributed by atoms with Crippen LogP contribution in [0.3, 0.4) is 0 Å². The quantitative estimate of drug-likeness (QED) is 0.919. The van der Waals surface area contributed by atoms with E-state index in [9.17, 15) is 4.79 Å². The van der Waals surface area contributed by atoms with E-state index in [0.29, 0.717) is 17.8 Å². The van der Waals surface area contributed by atoms with Crippen LogP contribution in [-0.2, 0) is 4.79 Å². The third-order valence-electron chi connectivity index (χ3n) is 5.29. The second-order valence-corrected chi connectivity index (χ2v) is 6.58. The van der Waals surface area contributed by atoms with Crippen molar-refractivity contribution in [1.29, 1.82) is 0 Å². The fourth-order valence-corrected chi connectivity index (χ4v) is 3.88. The average molecular weight is 319 g/mol. The first kappa shape index (κ1) is 17.7. The van der Waals surface area contributed by atoms with Gasteiger partial charge in [-0.25, -0.2) is 9.97 Å². The summed E-state index contributed by atoms with van der Waals surface area (Å²) < 4.78 is 0. The molecule has 1 aromatic rings.